The van der Waals surface area contributed by atoms with E-state index in [9.17, 15) is 4.79 Å². The predicted octanol–water partition coefficient (Wildman–Crippen LogP) is 3.45. The Morgan fingerprint density at radius 2 is 2.00 bits per heavy atom. The van der Waals surface area contributed by atoms with E-state index in [-0.39, 0.29) is 11.5 Å². The highest BCUT2D eigenvalue weighted by Crippen LogP contribution is 2.41. The summed E-state index contributed by atoms with van der Waals surface area (Å²) in [7, 11) is 1.68. The fourth-order valence-electron chi connectivity index (χ4n) is 3.70. The lowest BCUT2D eigenvalue weighted by Gasteiger charge is -2.44. The van der Waals surface area contributed by atoms with Gasteiger partial charge in [0.1, 0.15) is 5.60 Å². The first-order valence-electron chi connectivity index (χ1n) is 7.92. The van der Waals surface area contributed by atoms with Crippen LogP contribution in [-0.4, -0.2) is 42.2 Å². The third-order valence-electron chi connectivity index (χ3n) is 5.25. The van der Waals surface area contributed by atoms with Gasteiger partial charge in [0.15, 0.2) is 5.78 Å². The highest BCUT2D eigenvalue weighted by atomic mass is 32.2. The zero-order valence-corrected chi connectivity index (χ0v) is 13.9. The van der Waals surface area contributed by atoms with Crippen molar-refractivity contribution in [2.75, 3.05) is 25.2 Å². The van der Waals surface area contributed by atoms with Gasteiger partial charge in [-0.1, -0.05) is 13.8 Å². The molecule has 0 amide bonds. The molecule has 2 rings (SSSR count). The summed E-state index contributed by atoms with van der Waals surface area (Å²) >= 11 is 2.00. The van der Waals surface area contributed by atoms with E-state index in [4.69, 9.17) is 9.47 Å². The summed E-state index contributed by atoms with van der Waals surface area (Å²) in [6.45, 7) is 4.84. The van der Waals surface area contributed by atoms with E-state index in [1.807, 2.05) is 11.8 Å². The van der Waals surface area contributed by atoms with Crippen molar-refractivity contribution < 1.29 is 14.3 Å². The summed E-state index contributed by atoms with van der Waals surface area (Å²) in [6.07, 6.45) is 5.48. The Bertz CT molecular complexity index is 319. The van der Waals surface area contributed by atoms with Crippen molar-refractivity contribution in [1.82, 2.24) is 0 Å². The van der Waals surface area contributed by atoms with Crippen molar-refractivity contribution >= 4 is 17.5 Å². The van der Waals surface area contributed by atoms with Crippen molar-refractivity contribution in [3.8, 4) is 0 Å². The molecule has 2 saturated heterocycles. The average molecular weight is 300 g/mol. The molecular formula is C16H28O3S. The number of Topliss-reactive ketones (excluding diaryl/α,β-unsaturated/α-hetero) is 1. The third kappa shape index (κ3) is 3.07. The lowest BCUT2D eigenvalue weighted by atomic mass is 9.74. The molecule has 0 aromatic heterocycles. The maximum absolute atomic E-state index is 13.0. The lowest BCUT2D eigenvalue weighted by Crippen LogP contribution is -2.50. The molecule has 2 aliphatic heterocycles. The Morgan fingerprint density at radius 3 is 2.55 bits per heavy atom. The van der Waals surface area contributed by atoms with Crippen molar-refractivity contribution in [3.05, 3.63) is 0 Å². The van der Waals surface area contributed by atoms with Crippen LogP contribution in [0.4, 0.5) is 0 Å². The topological polar surface area (TPSA) is 35.5 Å². The zero-order valence-electron chi connectivity index (χ0n) is 13.1. The maximum Gasteiger partial charge on any atom is 0.167 e. The van der Waals surface area contributed by atoms with Crippen LogP contribution >= 0.6 is 11.8 Å². The Balaban J connectivity index is 2.09. The highest BCUT2D eigenvalue weighted by molar-refractivity contribution is 7.99. The van der Waals surface area contributed by atoms with Crippen LogP contribution in [0.3, 0.4) is 0 Å². The minimum absolute atomic E-state index is 0.0230. The van der Waals surface area contributed by atoms with Crippen LogP contribution in [0.15, 0.2) is 0 Å². The van der Waals surface area contributed by atoms with Crippen LogP contribution in [0, 0.1) is 5.92 Å². The van der Waals surface area contributed by atoms with Gasteiger partial charge in [0.05, 0.1) is 5.60 Å². The highest BCUT2D eigenvalue weighted by Gasteiger charge is 2.46. The van der Waals surface area contributed by atoms with Crippen LogP contribution in [0.1, 0.15) is 52.4 Å². The van der Waals surface area contributed by atoms with Gasteiger partial charge in [0.2, 0.25) is 0 Å². The molecule has 1 spiro atoms. The normalized spacial score (nSPS) is 26.6. The van der Waals surface area contributed by atoms with Crippen molar-refractivity contribution in [1.29, 1.82) is 0 Å². The Labute approximate surface area is 127 Å². The Hall–Kier alpha value is -0.0600. The van der Waals surface area contributed by atoms with Crippen molar-refractivity contribution in [3.63, 3.8) is 0 Å². The van der Waals surface area contributed by atoms with Gasteiger partial charge in [-0.15, -0.1) is 0 Å². The van der Waals surface area contributed by atoms with E-state index in [0.29, 0.717) is 5.78 Å². The van der Waals surface area contributed by atoms with Gasteiger partial charge in [-0.25, -0.2) is 0 Å². The molecule has 4 heteroatoms. The number of ketones is 1. The predicted molar refractivity (Wildman–Crippen MR) is 83.3 cm³/mol. The fraction of sp³-hybridized carbons (Fsp3) is 0.938. The Kier molecular flexibility index (Phi) is 5.55. The number of ether oxygens (including phenoxy) is 2. The van der Waals surface area contributed by atoms with E-state index in [2.05, 4.69) is 13.8 Å². The molecule has 116 valence electrons. The molecule has 20 heavy (non-hydrogen) atoms. The summed E-state index contributed by atoms with van der Waals surface area (Å²) < 4.78 is 11.7. The molecule has 3 nitrogen and oxygen atoms in total. The molecule has 0 aliphatic carbocycles. The van der Waals surface area contributed by atoms with Gasteiger partial charge < -0.3 is 9.47 Å². The number of carbonyl (C=O) groups is 1. The second-order valence-electron chi connectivity index (χ2n) is 6.10. The summed E-state index contributed by atoms with van der Waals surface area (Å²) in [5.41, 5.74) is -0.600. The summed E-state index contributed by atoms with van der Waals surface area (Å²) in [4.78, 5) is 13.0. The summed E-state index contributed by atoms with van der Waals surface area (Å²) in [5.74, 6) is 2.76. The second-order valence-corrected chi connectivity index (χ2v) is 7.33. The molecule has 2 heterocycles. The molecule has 2 fully saturated rings. The van der Waals surface area contributed by atoms with Gasteiger partial charge in [-0.05, 0) is 50.0 Å². The first-order chi connectivity index (χ1) is 9.61. The number of methoxy groups -OCH3 is 1. The second kappa shape index (κ2) is 6.80. The van der Waals surface area contributed by atoms with Crippen LogP contribution in [0.5, 0.6) is 0 Å². The van der Waals surface area contributed by atoms with E-state index >= 15 is 0 Å². The molecule has 0 aromatic rings. The molecule has 0 N–H and O–H groups in total. The van der Waals surface area contributed by atoms with Gasteiger partial charge in [0.25, 0.3) is 0 Å². The van der Waals surface area contributed by atoms with E-state index in [1.54, 1.807) is 7.11 Å². The maximum atomic E-state index is 13.0. The SMILES string of the molecule is CCC(CC)(OC)C(=O)C1CCOC2(CCSCC2)C1. The first-order valence-corrected chi connectivity index (χ1v) is 9.08. The lowest BCUT2D eigenvalue weighted by molar-refractivity contribution is -0.158. The molecule has 0 radical (unpaired) electrons. The smallest absolute Gasteiger partial charge is 0.167 e. The molecule has 1 atom stereocenters. The molecule has 0 saturated carbocycles. The molecule has 2 aliphatic rings. The van der Waals surface area contributed by atoms with Gasteiger partial charge in [-0.2, -0.15) is 11.8 Å². The minimum Gasteiger partial charge on any atom is -0.375 e. The average Bonchev–Trinajstić information content (AvgIpc) is 2.50. The molecule has 1 unspecified atom stereocenters. The van der Waals surface area contributed by atoms with Crippen LogP contribution in [0.25, 0.3) is 0 Å². The monoisotopic (exact) mass is 300 g/mol. The minimum atomic E-state index is -0.577. The number of hydrogen-bond acceptors (Lipinski definition) is 4. The number of thioether (sulfide) groups is 1. The first kappa shape index (κ1) is 16.3. The number of rotatable bonds is 5. The zero-order chi connectivity index (χ0) is 14.6. The van der Waals surface area contributed by atoms with Gasteiger partial charge in [0, 0.05) is 19.6 Å². The van der Waals surface area contributed by atoms with Crippen LogP contribution in [-0.2, 0) is 14.3 Å². The quantitative estimate of drug-likeness (QED) is 0.779. The summed E-state index contributed by atoms with van der Waals surface area (Å²) in [6, 6.07) is 0. The number of hydrogen-bond donors (Lipinski definition) is 0. The largest absolute Gasteiger partial charge is 0.375 e. The van der Waals surface area contributed by atoms with E-state index in [1.165, 1.54) is 0 Å². The standard InChI is InChI=1S/C16H28O3S/c1-4-16(5-2,18-3)14(17)13-6-9-19-15(12-13)7-10-20-11-8-15/h13H,4-12H2,1-3H3. The van der Waals surface area contributed by atoms with Gasteiger partial charge in [-0.3, -0.25) is 4.79 Å². The molecule has 0 bridgehead atoms. The van der Waals surface area contributed by atoms with Gasteiger partial charge >= 0.3 is 0 Å². The van der Waals surface area contributed by atoms with Crippen molar-refractivity contribution in [2.45, 2.75) is 63.6 Å². The number of carbonyl (C=O) groups excluding carboxylic acids is 1. The summed E-state index contributed by atoms with van der Waals surface area (Å²) in [5, 5.41) is 0. The molecule has 0 aromatic carbocycles. The fourth-order valence-corrected chi connectivity index (χ4v) is 4.94. The van der Waals surface area contributed by atoms with Crippen LogP contribution < -0.4 is 0 Å². The van der Waals surface area contributed by atoms with Crippen LogP contribution in [0.2, 0.25) is 0 Å². The molecular weight excluding hydrogens is 272 g/mol. The Morgan fingerprint density at radius 1 is 1.35 bits per heavy atom. The third-order valence-corrected chi connectivity index (χ3v) is 6.24. The van der Waals surface area contributed by atoms with Crippen molar-refractivity contribution in [2.24, 2.45) is 5.92 Å². The van der Waals surface area contributed by atoms with E-state index in [0.717, 1.165) is 56.6 Å². The van der Waals surface area contributed by atoms with E-state index < -0.39 is 5.60 Å².